The van der Waals surface area contributed by atoms with Gasteiger partial charge in [0, 0.05) is 12.7 Å². The predicted octanol–water partition coefficient (Wildman–Crippen LogP) is 1.86. The summed E-state index contributed by atoms with van der Waals surface area (Å²) in [6.45, 7) is 8.16. The third-order valence-electron chi connectivity index (χ3n) is 3.37. The normalized spacial score (nSPS) is 16.9. The van der Waals surface area contributed by atoms with Crippen molar-refractivity contribution in [2.75, 3.05) is 25.2 Å². The highest BCUT2D eigenvalue weighted by atomic mass is 16.5. The summed E-state index contributed by atoms with van der Waals surface area (Å²) in [5, 5.41) is 10.3. The van der Waals surface area contributed by atoms with Crippen molar-refractivity contribution in [3.05, 3.63) is 17.6 Å². The minimum Gasteiger partial charge on any atom is -0.475 e. The third-order valence-corrected chi connectivity index (χ3v) is 3.37. The number of hydrogen-bond donors (Lipinski definition) is 1. The van der Waals surface area contributed by atoms with Gasteiger partial charge < -0.3 is 14.7 Å². The van der Waals surface area contributed by atoms with Crippen LogP contribution in [0.15, 0.2) is 6.07 Å². The number of aryl methyl sites for hydroxylation is 2. The third kappa shape index (κ3) is 2.76. The summed E-state index contributed by atoms with van der Waals surface area (Å²) in [7, 11) is 1.90. The molecule has 21 heavy (non-hydrogen) atoms. The number of ether oxygens (including phenoxy) is 1. The topological polar surface area (TPSA) is 71.4 Å². The highest BCUT2D eigenvalue weighted by molar-refractivity contribution is 5.94. The molecule has 0 radical (unpaired) electrons. The maximum absolute atomic E-state index is 9.46. The Morgan fingerprint density at radius 3 is 2.67 bits per heavy atom. The summed E-state index contributed by atoms with van der Waals surface area (Å²) in [5.41, 5.74) is 1.69. The second kappa shape index (κ2) is 6.22. The lowest BCUT2D eigenvalue weighted by Crippen LogP contribution is -2.39. The van der Waals surface area contributed by atoms with E-state index in [2.05, 4.69) is 15.0 Å². The monoisotopic (exact) mass is 290 g/mol. The Bertz CT molecular complexity index is 640. The van der Waals surface area contributed by atoms with Crippen molar-refractivity contribution < 1.29 is 9.84 Å². The molecule has 0 aliphatic carbocycles. The van der Waals surface area contributed by atoms with Gasteiger partial charge in [-0.2, -0.15) is 0 Å². The van der Waals surface area contributed by atoms with Gasteiger partial charge in [-0.25, -0.2) is 15.0 Å². The van der Waals surface area contributed by atoms with Crippen molar-refractivity contribution in [1.29, 1.82) is 0 Å². The summed E-state index contributed by atoms with van der Waals surface area (Å²) >= 11 is 0. The summed E-state index contributed by atoms with van der Waals surface area (Å²) in [6.07, 6.45) is 0. The molecule has 6 nitrogen and oxygen atoms in total. The molecule has 1 aliphatic heterocycles. The molecular weight excluding hydrogens is 268 g/mol. The fourth-order valence-corrected chi connectivity index (χ4v) is 2.33. The second-order valence-corrected chi connectivity index (χ2v) is 4.82. The van der Waals surface area contributed by atoms with E-state index < -0.39 is 0 Å². The van der Waals surface area contributed by atoms with E-state index in [1.165, 1.54) is 0 Å². The van der Waals surface area contributed by atoms with E-state index in [4.69, 9.17) is 4.74 Å². The summed E-state index contributed by atoms with van der Waals surface area (Å²) in [4.78, 5) is 15.3. The van der Waals surface area contributed by atoms with Gasteiger partial charge in [0.2, 0.25) is 5.88 Å². The summed E-state index contributed by atoms with van der Waals surface area (Å²) in [6, 6.07) is 1.79. The predicted molar refractivity (Wildman–Crippen MR) is 82.9 cm³/mol. The number of likely N-dealkylation sites (N-methyl/N-ethyl adjacent to an activating group) is 1. The van der Waals surface area contributed by atoms with Crippen LogP contribution in [0.5, 0.6) is 5.88 Å². The van der Waals surface area contributed by atoms with Gasteiger partial charge in [-0.3, -0.25) is 0 Å². The second-order valence-electron chi connectivity index (χ2n) is 4.82. The van der Waals surface area contributed by atoms with Crippen molar-refractivity contribution >= 4 is 16.7 Å². The molecule has 0 saturated carbocycles. The van der Waals surface area contributed by atoms with Crippen molar-refractivity contribution in [3.8, 4) is 5.88 Å². The Hall–Kier alpha value is -1.95. The van der Waals surface area contributed by atoms with Crippen molar-refractivity contribution in [1.82, 2.24) is 15.0 Å². The standard InChI is InChI=1S/C13H16N4O2.C2H6/c1-7-4-10-11-12(16-8(2)15-10)17(3)9(5-18)6-19-13(11)14-7;1-2/h4,9,18H,5-6H2,1-3H3;1-2H3. The number of hydrogen-bond acceptors (Lipinski definition) is 6. The van der Waals surface area contributed by atoms with Crippen LogP contribution in [0, 0.1) is 13.8 Å². The van der Waals surface area contributed by atoms with Crippen LogP contribution < -0.4 is 9.64 Å². The van der Waals surface area contributed by atoms with Crippen molar-refractivity contribution in [3.63, 3.8) is 0 Å². The Morgan fingerprint density at radius 1 is 1.29 bits per heavy atom. The molecule has 3 heterocycles. The zero-order valence-corrected chi connectivity index (χ0v) is 13.2. The van der Waals surface area contributed by atoms with E-state index >= 15 is 0 Å². The largest absolute Gasteiger partial charge is 0.475 e. The molecule has 1 atom stereocenters. The average molecular weight is 290 g/mol. The molecule has 1 unspecified atom stereocenters. The van der Waals surface area contributed by atoms with E-state index in [1.807, 2.05) is 45.7 Å². The minimum atomic E-state index is -0.132. The first-order valence-corrected chi connectivity index (χ1v) is 7.22. The smallest absolute Gasteiger partial charge is 0.227 e. The summed E-state index contributed by atoms with van der Waals surface area (Å²) < 4.78 is 5.72. The maximum Gasteiger partial charge on any atom is 0.227 e. The van der Waals surface area contributed by atoms with Gasteiger partial charge in [-0.15, -0.1) is 0 Å². The molecule has 1 aliphatic rings. The molecule has 6 heteroatoms. The number of rotatable bonds is 1. The van der Waals surface area contributed by atoms with Crippen LogP contribution in [0.2, 0.25) is 0 Å². The molecular formula is C15H22N4O2. The SMILES string of the molecule is CC.Cc1cc2nc(C)nc3c2c(n1)OCC(CO)N3C. The lowest BCUT2D eigenvalue weighted by atomic mass is 10.2. The molecule has 2 aromatic heterocycles. The molecule has 0 amide bonds. The number of aliphatic hydroxyl groups excluding tert-OH is 1. The van der Waals surface area contributed by atoms with Crippen LogP contribution in [0.1, 0.15) is 25.4 Å². The highest BCUT2D eigenvalue weighted by Crippen LogP contribution is 2.34. The Kier molecular flexibility index (Phi) is 4.57. The van der Waals surface area contributed by atoms with E-state index in [-0.39, 0.29) is 12.6 Å². The van der Waals surface area contributed by atoms with Crippen molar-refractivity contribution in [2.45, 2.75) is 33.7 Å². The van der Waals surface area contributed by atoms with Gasteiger partial charge in [0.15, 0.2) is 0 Å². The first kappa shape index (κ1) is 15.4. The van der Waals surface area contributed by atoms with Gasteiger partial charge in [0.25, 0.3) is 0 Å². The van der Waals surface area contributed by atoms with Crippen molar-refractivity contribution in [2.24, 2.45) is 0 Å². The maximum atomic E-state index is 9.46. The van der Waals surface area contributed by atoms with Crippen LogP contribution in [0.4, 0.5) is 5.82 Å². The number of nitrogens with zero attached hydrogens (tertiary/aromatic N) is 4. The van der Waals surface area contributed by atoms with Gasteiger partial charge in [0.05, 0.1) is 18.2 Å². The molecule has 114 valence electrons. The Morgan fingerprint density at radius 2 is 2.00 bits per heavy atom. The molecule has 1 N–H and O–H groups in total. The number of aliphatic hydroxyl groups is 1. The first-order chi connectivity index (χ1) is 10.1. The van der Waals surface area contributed by atoms with Gasteiger partial charge >= 0.3 is 0 Å². The molecule has 0 spiro atoms. The zero-order chi connectivity index (χ0) is 15.6. The van der Waals surface area contributed by atoms with E-state index in [1.54, 1.807) is 0 Å². The van der Waals surface area contributed by atoms with Crippen LogP contribution in [-0.4, -0.2) is 46.4 Å². The van der Waals surface area contributed by atoms with Crippen LogP contribution in [-0.2, 0) is 0 Å². The fraction of sp³-hybridized carbons (Fsp3) is 0.533. The van der Waals surface area contributed by atoms with Crippen LogP contribution >= 0.6 is 0 Å². The fourth-order valence-electron chi connectivity index (χ4n) is 2.33. The molecule has 0 aromatic carbocycles. The van der Waals surface area contributed by atoms with E-state index in [0.717, 1.165) is 22.4 Å². The van der Waals surface area contributed by atoms with Crippen LogP contribution in [0.25, 0.3) is 10.9 Å². The lowest BCUT2D eigenvalue weighted by Gasteiger charge is -2.25. The summed E-state index contributed by atoms with van der Waals surface area (Å²) in [5.74, 6) is 2.01. The molecule has 2 aromatic rings. The number of aromatic nitrogens is 3. The highest BCUT2D eigenvalue weighted by Gasteiger charge is 2.26. The Balaban J connectivity index is 0.000000774. The number of anilines is 1. The van der Waals surface area contributed by atoms with Gasteiger partial charge in [-0.05, 0) is 19.9 Å². The first-order valence-electron chi connectivity index (χ1n) is 7.22. The quantitative estimate of drug-likeness (QED) is 0.864. The van der Waals surface area contributed by atoms with Gasteiger partial charge in [0.1, 0.15) is 23.6 Å². The van der Waals surface area contributed by atoms with Crippen LogP contribution in [0.3, 0.4) is 0 Å². The molecule has 0 saturated heterocycles. The van der Waals surface area contributed by atoms with E-state index in [0.29, 0.717) is 18.3 Å². The minimum absolute atomic E-state index is 0.00795. The van der Waals surface area contributed by atoms with Gasteiger partial charge in [-0.1, -0.05) is 13.8 Å². The molecule has 0 fully saturated rings. The average Bonchev–Trinajstić information content (AvgIpc) is 2.59. The zero-order valence-electron chi connectivity index (χ0n) is 13.2. The van der Waals surface area contributed by atoms with E-state index in [9.17, 15) is 5.11 Å². The Labute approximate surface area is 124 Å². The molecule has 0 bridgehead atoms. The number of pyridine rings is 1. The molecule has 3 rings (SSSR count). The lowest BCUT2D eigenvalue weighted by molar-refractivity contribution is 0.203.